The summed E-state index contributed by atoms with van der Waals surface area (Å²) in [6.45, 7) is 5.12. The molecule has 1 aliphatic carbocycles. The Morgan fingerprint density at radius 2 is 1.89 bits per heavy atom. The van der Waals surface area contributed by atoms with E-state index in [-0.39, 0.29) is 24.5 Å². The number of amides is 1. The normalized spacial score (nSPS) is 20.1. The quantitative estimate of drug-likeness (QED) is 0.424. The van der Waals surface area contributed by atoms with Crippen molar-refractivity contribution in [3.05, 3.63) is 96.1 Å². The Labute approximate surface area is 222 Å². The number of piperazine rings is 1. The number of carbonyl (C=O) groups excluding carboxylic acids is 1. The lowest BCUT2D eigenvalue weighted by Gasteiger charge is -2.32. The van der Waals surface area contributed by atoms with Gasteiger partial charge in [-0.05, 0) is 55.1 Å². The summed E-state index contributed by atoms with van der Waals surface area (Å²) in [5.74, 6) is 0.0706. The highest BCUT2D eigenvalue weighted by Crippen LogP contribution is 2.21. The van der Waals surface area contributed by atoms with Gasteiger partial charge in [-0.1, -0.05) is 18.2 Å². The predicted octanol–water partition coefficient (Wildman–Crippen LogP) is 2.56. The molecule has 5 rings (SSSR count). The summed E-state index contributed by atoms with van der Waals surface area (Å²) in [6.07, 6.45) is 10.7. The standard InChI is InChI=1S/C29H33N7O2/c1-35-13-15-36(16-14-35)19-21-4-6-22(7-5-21)28(38)32-25-9-8-24(20-37)27(17-25)34-29-31-12-10-26(33-29)23-3-2-11-30-18-23/h2-12,17-18,24,27,37H,13-16,19-20H2,1H3,(H,32,38)(H,31,33,34). The summed E-state index contributed by atoms with van der Waals surface area (Å²) in [5, 5.41) is 16.2. The van der Waals surface area contributed by atoms with Crippen molar-refractivity contribution in [3.63, 3.8) is 0 Å². The number of aromatic nitrogens is 3. The monoisotopic (exact) mass is 511 g/mol. The van der Waals surface area contributed by atoms with Crippen LogP contribution in [0.2, 0.25) is 0 Å². The largest absolute Gasteiger partial charge is 0.396 e. The molecule has 1 aromatic carbocycles. The highest BCUT2D eigenvalue weighted by atomic mass is 16.3. The number of aliphatic hydroxyl groups is 1. The van der Waals surface area contributed by atoms with Crippen LogP contribution in [0, 0.1) is 5.92 Å². The van der Waals surface area contributed by atoms with Gasteiger partial charge in [0.2, 0.25) is 5.95 Å². The van der Waals surface area contributed by atoms with Crippen molar-refractivity contribution in [1.82, 2.24) is 30.1 Å². The van der Waals surface area contributed by atoms with Gasteiger partial charge in [0.15, 0.2) is 0 Å². The number of anilines is 1. The van der Waals surface area contributed by atoms with Crippen molar-refractivity contribution in [2.24, 2.45) is 5.92 Å². The lowest BCUT2D eigenvalue weighted by molar-refractivity contribution is 0.0966. The van der Waals surface area contributed by atoms with Crippen LogP contribution in [0.5, 0.6) is 0 Å². The second-order valence-electron chi connectivity index (χ2n) is 9.74. The first-order chi connectivity index (χ1) is 18.6. The van der Waals surface area contributed by atoms with E-state index in [0.29, 0.717) is 17.2 Å². The number of benzene rings is 1. The molecule has 1 fully saturated rings. The van der Waals surface area contributed by atoms with E-state index < -0.39 is 0 Å². The number of allylic oxidation sites excluding steroid dienone is 1. The predicted molar refractivity (Wildman–Crippen MR) is 147 cm³/mol. The smallest absolute Gasteiger partial charge is 0.255 e. The summed E-state index contributed by atoms with van der Waals surface area (Å²) in [5.41, 5.74) is 4.09. The fraction of sp³-hybridized carbons (Fsp3) is 0.310. The molecule has 2 aromatic heterocycles. The van der Waals surface area contributed by atoms with E-state index in [0.717, 1.165) is 44.0 Å². The van der Waals surface area contributed by atoms with Crippen molar-refractivity contribution in [2.75, 3.05) is 45.2 Å². The third-order valence-electron chi connectivity index (χ3n) is 6.94. The zero-order valence-corrected chi connectivity index (χ0v) is 21.5. The second kappa shape index (κ2) is 12.1. The van der Waals surface area contributed by atoms with Crippen LogP contribution in [0.1, 0.15) is 15.9 Å². The van der Waals surface area contributed by atoms with Gasteiger partial charge in [-0.25, -0.2) is 9.97 Å². The maximum Gasteiger partial charge on any atom is 0.255 e. The highest BCUT2D eigenvalue weighted by Gasteiger charge is 2.22. The van der Waals surface area contributed by atoms with Crippen molar-refractivity contribution in [2.45, 2.75) is 12.6 Å². The van der Waals surface area contributed by atoms with Crippen LogP contribution in [-0.2, 0) is 6.54 Å². The zero-order chi connectivity index (χ0) is 26.3. The van der Waals surface area contributed by atoms with Gasteiger partial charge in [0, 0.05) is 74.1 Å². The molecule has 3 heterocycles. The molecule has 0 spiro atoms. The number of hydrogen-bond donors (Lipinski definition) is 3. The van der Waals surface area contributed by atoms with E-state index in [4.69, 9.17) is 0 Å². The average molecular weight is 512 g/mol. The number of aliphatic hydroxyl groups excluding tert-OH is 1. The van der Waals surface area contributed by atoms with Gasteiger partial charge in [0.25, 0.3) is 5.91 Å². The average Bonchev–Trinajstić information content (AvgIpc) is 2.95. The summed E-state index contributed by atoms with van der Waals surface area (Å²) in [7, 11) is 2.15. The van der Waals surface area contributed by atoms with Crippen LogP contribution in [-0.4, -0.2) is 81.6 Å². The Bertz CT molecular complexity index is 1290. The molecule has 0 saturated carbocycles. The third-order valence-corrected chi connectivity index (χ3v) is 6.94. The van der Waals surface area contributed by atoms with Crippen molar-refractivity contribution < 1.29 is 9.90 Å². The van der Waals surface area contributed by atoms with Gasteiger partial charge in [0.05, 0.1) is 18.3 Å². The van der Waals surface area contributed by atoms with Crippen molar-refractivity contribution in [3.8, 4) is 11.3 Å². The molecular formula is C29H33N7O2. The lowest BCUT2D eigenvalue weighted by Crippen LogP contribution is -2.43. The molecule has 0 bridgehead atoms. The van der Waals surface area contributed by atoms with Gasteiger partial charge < -0.3 is 20.6 Å². The topological polar surface area (TPSA) is 107 Å². The second-order valence-corrected chi connectivity index (χ2v) is 9.74. The van der Waals surface area contributed by atoms with Gasteiger partial charge in [0.1, 0.15) is 0 Å². The molecule has 1 amide bonds. The molecule has 9 nitrogen and oxygen atoms in total. The molecule has 9 heteroatoms. The Morgan fingerprint density at radius 1 is 1.08 bits per heavy atom. The highest BCUT2D eigenvalue weighted by molar-refractivity contribution is 5.95. The minimum atomic E-state index is -0.296. The van der Waals surface area contributed by atoms with Crippen LogP contribution >= 0.6 is 0 Å². The van der Waals surface area contributed by atoms with Gasteiger partial charge >= 0.3 is 0 Å². The maximum absolute atomic E-state index is 13.0. The molecule has 2 unspecified atom stereocenters. The van der Waals surface area contributed by atoms with E-state index in [1.807, 2.05) is 60.7 Å². The number of likely N-dealkylation sites (N-methyl/N-ethyl adjacent to an activating group) is 1. The minimum Gasteiger partial charge on any atom is -0.396 e. The van der Waals surface area contributed by atoms with E-state index >= 15 is 0 Å². The fourth-order valence-corrected chi connectivity index (χ4v) is 4.61. The first kappa shape index (κ1) is 25.7. The molecule has 38 heavy (non-hydrogen) atoms. The number of rotatable bonds is 8. The zero-order valence-electron chi connectivity index (χ0n) is 21.5. The molecule has 3 N–H and O–H groups in total. The van der Waals surface area contributed by atoms with Crippen LogP contribution in [0.3, 0.4) is 0 Å². The number of nitrogens with one attached hydrogen (secondary N) is 2. The molecule has 0 radical (unpaired) electrons. The minimum absolute atomic E-state index is 0.0526. The molecular weight excluding hydrogens is 478 g/mol. The van der Waals surface area contributed by atoms with E-state index in [2.05, 4.69) is 42.4 Å². The van der Waals surface area contributed by atoms with Crippen LogP contribution in [0.4, 0.5) is 5.95 Å². The van der Waals surface area contributed by atoms with E-state index in [1.54, 1.807) is 18.6 Å². The first-order valence-electron chi connectivity index (χ1n) is 12.9. The summed E-state index contributed by atoms with van der Waals surface area (Å²) < 4.78 is 0. The van der Waals surface area contributed by atoms with Gasteiger partial charge in [-0.15, -0.1) is 0 Å². The Kier molecular flexibility index (Phi) is 8.18. The first-order valence-corrected chi connectivity index (χ1v) is 12.9. The molecule has 196 valence electrons. The molecule has 1 aliphatic heterocycles. The Hall–Kier alpha value is -3.92. The third kappa shape index (κ3) is 6.49. The number of hydrogen-bond acceptors (Lipinski definition) is 8. The van der Waals surface area contributed by atoms with Gasteiger partial charge in [-0.2, -0.15) is 0 Å². The summed E-state index contributed by atoms with van der Waals surface area (Å²) in [6, 6.07) is 13.1. The SMILES string of the molecule is CN1CCN(Cc2ccc(C(=O)NC3=CC(Nc4nccc(-c5cccnc5)n4)C(CO)C=C3)cc2)CC1. The summed E-state index contributed by atoms with van der Waals surface area (Å²) in [4.78, 5) is 30.8. The summed E-state index contributed by atoms with van der Waals surface area (Å²) >= 11 is 0. The molecule has 2 atom stereocenters. The number of pyridine rings is 1. The maximum atomic E-state index is 13.0. The van der Waals surface area contributed by atoms with Gasteiger partial charge in [-0.3, -0.25) is 14.7 Å². The molecule has 1 saturated heterocycles. The number of nitrogens with zero attached hydrogens (tertiary/aromatic N) is 5. The Morgan fingerprint density at radius 3 is 2.63 bits per heavy atom. The molecule has 2 aliphatic rings. The fourth-order valence-electron chi connectivity index (χ4n) is 4.61. The van der Waals surface area contributed by atoms with Crippen LogP contribution < -0.4 is 10.6 Å². The Balaban J connectivity index is 1.23. The molecule has 3 aromatic rings. The van der Waals surface area contributed by atoms with Crippen LogP contribution in [0.15, 0.2) is 85.0 Å². The number of carbonyl (C=O) groups is 1. The lowest BCUT2D eigenvalue weighted by atomic mass is 9.94. The van der Waals surface area contributed by atoms with Crippen molar-refractivity contribution >= 4 is 11.9 Å². The van der Waals surface area contributed by atoms with E-state index in [9.17, 15) is 9.90 Å². The van der Waals surface area contributed by atoms with E-state index in [1.165, 1.54) is 5.56 Å². The van der Waals surface area contributed by atoms with Crippen LogP contribution in [0.25, 0.3) is 11.3 Å². The van der Waals surface area contributed by atoms with Crippen molar-refractivity contribution in [1.29, 1.82) is 0 Å².